The smallest absolute Gasteiger partial charge is 0.193 e. The van der Waals surface area contributed by atoms with Crippen molar-refractivity contribution in [2.75, 3.05) is 27.2 Å². The molecule has 1 aromatic carbocycles. The van der Waals surface area contributed by atoms with Crippen LogP contribution in [0.2, 0.25) is 0 Å². The summed E-state index contributed by atoms with van der Waals surface area (Å²) in [5.74, 6) is 1.34. The number of ether oxygens (including phenoxy) is 1. The van der Waals surface area contributed by atoms with E-state index in [4.69, 9.17) is 4.74 Å². The number of aryl methyl sites for hydroxylation is 1. The predicted octanol–water partition coefficient (Wildman–Crippen LogP) is 4.24. The van der Waals surface area contributed by atoms with Crippen LogP contribution in [-0.4, -0.2) is 43.1 Å². The van der Waals surface area contributed by atoms with Gasteiger partial charge in [0.15, 0.2) is 5.96 Å². The van der Waals surface area contributed by atoms with E-state index < -0.39 is 0 Å². The van der Waals surface area contributed by atoms with Crippen molar-refractivity contribution >= 4 is 41.3 Å². The van der Waals surface area contributed by atoms with Crippen LogP contribution in [0.4, 0.5) is 0 Å². The van der Waals surface area contributed by atoms with Crippen LogP contribution >= 0.6 is 35.3 Å². The Morgan fingerprint density at radius 3 is 2.81 bits per heavy atom. The van der Waals surface area contributed by atoms with Gasteiger partial charge in [0.1, 0.15) is 0 Å². The fraction of sp³-hybridized carbons (Fsp3) is 0.500. The van der Waals surface area contributed by atoms with Crippen LogP contribution in [0.3, 0.4) is 0 Å². The van der Waals surface area contributed by atoms with E-state index in [2.05, 4.69) is 63.0 Å². The number of benzene rings is 1. The molecule has 5 nitrogen and oxygen atoms in total. The summed E-state index contributed by atoms with van der Waals surface area (Å²) in [4.78, 5) is 11.1. The van der Waals surface area contributed by atoms with Crippen molar-refractivity contribution in [3.63, 3.8) is 0 Å². The Balaban J connectivity index is 0.00000261. The first-order chi connectivity index (χ1) is 12.7. The van der Waals surface area contributed by atoms with E-state index in [1.54, 1.807) is 11.3 Å². The first-order valence-corrected chi connectivity index (χ1v) is 10.0. The zero-order valence-electron chi connectivity index (χ0n) is 16.2. The van der Waals surface area contributed by atoms with E-state index in [0.29, 0.717) is 5.92 Å². The lowest BCUT2D eigenvalue weighted by Gasteiger charge is -2.33. The summed E-state index contributed by atoms with van der Waals surface area (Å²) in [5, 5.41) is 6.75. The molecule has 3 rings (SSSR count). The first kappa shape index (κ1) is 22.1. The van der Waals surface area contributed by atoms with Gasteiger partial charge >= 0.3 is 0 Å². The van der Waals surface area contributed by atoms with Gasteiger partial charge in [0, 0.05) is 38.5 Å². The third-order valence-electron chi connectivity index (χ3n) is 4.73. The Morgan fingerprint density at radius 1 is 1.37 bits per heavy atom. The number of thiazole rings is 1. The molecule has 0 spiro atoms. The molecule has 2 unspecified atom stereocenters. The minimum atomic E-state index is 0. The summed E-state index contributed by atoms with van der Waals surface area (Å²) >= 11 is 1.69. The molecule has 2 aromatic rings. The van der Waals surface area contributed by atoms with Crippen molar-refractivity contribution in [3.05, 3.63) is 52.0 Å². The Morgan fingerprint density at radius 2 is 2.15 bits per heavy atom. The highest BCUT2D eigenvalue weighted by Gasteiger charge is 2.27. The number of nitrogens with zero attached hydrogens (tertiary/aromatic N) is 3. The molecule has 148 valence electrons. The molecule has 1 aliphatic heterocycles. The highest BCUT2D eigenvalue weighted by molar-refractivity contribution is 14.0. The molecule has 2 atom stereocenters. The van der Waals surface area contributed by atoms with Crippen LogP contribution in [0.1, 0.15) is 35.2 Å². The van der Waals surface area contributed by atoms with E-state index in [0.717, 1.165) is 42.8 Å². The van der Waals surface area contributed by atoms with Crippen LogP contribution in [-0.2, 0) is 11.3 Å². The Hall–Kier alpha value is -1.19. The molecule has 7 heteroatoms. The Bertz CT molecular complexity index is 722. The van der Waals surface area contributed by atoms with Crippen molar-refractivity contribution < 1.29 is 4.74 Å². The summed E-state index contributed by atoms with van der Waals surface area (Å²) in [5.41, 5.74) is 2.35. The van der Waals surface area contributed by atoms with Gasteiger partial charge in [0.25, 0.3) is 0 Å². The molecule has 0 bridgehead atoms. The number of hydrogen-bond acceptors (Lipinski definition) is 4. The molecule has 1 fully saturated rings. The van der Waals surface area contributed by atoms with Gasteiger partial charge in [0.05, 0.1) is 23.4 Å². The molecule has 0 aliphatic carbocycles. The van der Waals surface area contributed by atoms with Gasteiger partial charge in [-0.1, -0.05) is 30.3 Å². The van der Waals surface area contributed by atoms with Crippen LogP contribution < -0.4 is 5.32 Å². The standard InChI is InChI=1S/C20H28N4OS.HI/c1-15-23-18(14-26-15)13-24(3)20(21-2)22-12-17-10-7-11-25-19(17)16-8-5-4-6-9-16;/h4-6,8-9,14,17,19H,7,10-13H2,1-3H3,(H,21,22);1H. The second-order valence-electron chi connectivity index (χ2n) is 6.75. The molecule has 1 aromatic heterocycles. The fourth-order valence-corrected chi connectivity index (χ4v) is 4.07. The average molecular weight is 500 g/mol. The van der Waals surface area contributed by atoms with E-state index in [1.807, 2.05) is 14.0 Å². The summed E-state index contributed by atoms with van der Waals surface area (Å²) in [7, 11) is 3.88. The Labute approximate surface area is 183 Å². The number of aliphatic imine (C=N–C) groups is 1. The number of rotatable bonds is 5. The molecular formula is C20H29IN4OS. The SMILES string of the molecule is CN=C(NCC1CCCOC1c1ccccc1)N(C)Cc1csc(C)n1.I. The zero-order valence-corrected chi connectivity index (χ0v) is 19.4. The van der Waals surface area contributed by atoms with Crippen LogP contribution in [0, 0.1) is 12.8 Å². The number of halogens is 1. The maximum absolute atomic E-state index is 6.10. The number of guanidine groups is 1. The average Bonchev–Trinajstić information content (AvgIpc) is 3.08. The molecule has 2 heterocycles. The minimum Gasteiger partial charge on any atom is -0.373 e. The lowest BCUT2D eigenvalue weighted by Crippen LogP contribution is -2.42. The molecule has 1 N–H and O–H groups in total. The molecule has 0 radical (unpaired) electrons. The highest BCUT2D eigenvalue weighted by atomic mass is 127. The van der Waals surface area contributed by atoms with E-state index >= 15 is 0 Å². The maximum atomic E-state index is 6.10. The van der Waals surface area contributed by atoms with Crippen LogP contribution in [0.15, 0.2) is 40.7 Å². The van der Waals surface area contributed by atoms with Crippen molar-refractivity contribution in [3.8, 4) is 0 Å². The minimum absolute atomic E-state index is 0. The topological polar surface area (TPSA) is 49.8 Å². The summed E-state index contributed by atoms with van der Waals surface area (Å²) < 4.78 is 6.10. The Kier molecular flexibility index (Phi) is 8.98. The lowest BCUT2D eigenvalue weighted by atomic mass is 9.89. The summed E-state index contributed by atoms with van der Waals surface area (Å²) in [6, 6.07) is 10.5. The van der Waals surface area contributed by atoms with E-state index in [9.17, 15) is 0 Å². The van der Waals surface area contributed by atoms with Crippen LogP contribution in [0.5, 0.6) is 0 Å². The molecule has 27 heavy (non-hydrogen) atoms. The van der Waals surface area contributed by atoms with Crippen molar-refractivity contribution in [1.82, 2.24) is 15.2 Å². The number of hydrogen-bond donors (Lipinski definition) is 1. The quantitative estimate of drug-likeness (QED) is 0.379. The fourth-order valence-electron chi connectivity index (χ4n) is 3.47. The number of nitrogens with one attached hydrogen (secondary N) is 1. The molecular weight excluding hydrogens is 471 g/mol. The molecule has 0 amide bonds. The van der Waals surface area contributed by atoms with Gasteiger partial charge in [-0.3, -0.25) is 4.99 Å². The van der Waals surface area contributed by atoms with E-state index in [1.165, 1.54) is 12.0 Å². The third-order valence-corrected chi connectivity index (χ3v) is 5.56. The van der Waals surface area contributed by atoms with Gasteiger partial charge in [-0.05, 0) is 25.3 Å². The number of aromatic nitrogens is 1. The lowest BCUT2D eigenvalue weighted by molar-refractivity contribution is -0.0266. The summed E-state index contributed by atoms with van der Waals surface area (Å²) in [6.07, 6.45) is 2.43. The molecule has 1 saturated heterocycles. The normalized spacial score (nSPS) is 20.0. The molecule has 0 saturated carbocycles. The summed E-state index contributed by atoms with van der Waals surface area (Å²) in [6.45, 7) is 4.49. The predicted molar refractivity (Wildman–Crippen MR) is 123 cm³/mol. The van der Waals surface area contributed by atoms with Crippen molar-refractivity contribution in [1.29, 1.82) is 0 Å². The maximum Gasteiger partial charge on any atom is 0.193 e. The van der Waals surface area contributed by atoms with Crippen LogP contribution in [0.25, 0.3) is 0 Å². The second kappa shape index (κ2) is 11.0. The van der Waals surface area contributed by atoms with Gasteiger partial charge in [-0.2, -0.15) is 0 Å². The first-order valence-electron chi connectivity index (χ1n) is 9.16. The monoisotopic (exact) mass is 500 g/mol. The van der Waals surface area contributed by atoms with Gasteiger partial charge in [-0.15, -0.1) is 35.3 Å². The third kappa shape index (κ3) is 6.15. The van der Waals surface area contributed by atoms with E-state index in [-0.39, 0.29) is 30.1 Å². The van der Waals surface area contributed by atoms with Crippen molar-refractivity contribution in [2.24, 2.45) is 10.9 Å². The largest absolute Gasteiger partial charge is 0.373 e. The van der Waals surface area contributed by atoms with Gasteiger partial charge in [0.2, 0.25) is 0 Å². The van der Waals surface area contributed by atoms with Gasteiger partial charge < -0.3 is 15.0 Å². The second-order valence-corrected chi connectivity index (χ2v) is 7.81. The van der Waals surface area contributed by atoms with Crippen molar-refractivity contribution in [2.45, 2.75) is 32.4 Å². The zero-order chi connectivity index (χ0) is 18.4. The van der Waals surface area contributed by atoms with Gasteiger partial charge in [-0.25, -0.2) is 4.98 Å². The highest BCUT2D eigenvalue weighted by Crippen LogP contribution is 2.33. The molecule has 1 aliphatic rings.